The predicted molar refractivity (Wildman–Crippen MR) is 73.2 cm³/mol. The number of hydrogen-bond acceptors (Lipinski definition) is 2. The van der Waals surface area contributed by atoms with E-state index in [0.29, 0.717) is 5.02 Å². The molecule has 17 heavy (non-hydrogen) atoms. The Morgan fingerprint density at radius 1 is 1.29 bits per heavy atom. The van der Waals surface area contributed by atoms with Gasteiger partial charge in [0.15, 0.2) is 5.82 Å². The molecule has 0 spiro atoms. The highest BCUT2D eigenvalue weighted by Gasteiger charge is 2.19. The molecule has 3 nitrogen and oxygen atoms in total. The van der Waals surface area contributed by atoms with E-state index < -0.39 is 0 Å². The lowest BCUT2D eigenvalue weighted by molar-refractivity contribution is 0.400. The van der Waals surface area contributed by atoms with Gasteiger partial charge in [0.1, 0.15) is 6.33 Å². The van der Waals surface area contributed by atoms with Crippen LogP contribution in [0.25, 0.3) is 11.4 Å². The molecule has 0 aliphatic rings. The van der Waals surface area contributed by atoms with Crippen molar-refractivity contribution in [3.63, 3.8) is 0 Å². The molecule has 1 aromatic carbocycles. The molecule has 1 aromatic heterocycles. The van der Waals surface area contributed by atoms with Gasteiger partial charge >= 0.3 is 0 Å². The minimum atomic E-state index is -0.0506. The Morgan fingerprint density at radius 3 is 2.59 bits per heavy atom. The molecule has 1 heterocycles. The summed E-state index contributed by atoms with van der Waals surface area (Å²) < 4.78 is 2.91. The minimum absolute atomic E-state index is 0.0506. The summed E-state index contributed by atoms with van der Waals surface area (Å²) in [7, 11) is 0. The van der Waals surface area contributed by atoms with E-state index in [1.165, 1.54) is 0 Å². The fourth-order valence-electron chi connectivity index (χ4n) is 1.56. The first-order valence-electron chi connectivity index (χ1n) is 5.25. The maximum atomic E-state index is 5.98. The molecule has 2 rings (SSSR count). The van der Waals surface area contributed by atoms with Gasteiger partial charge in [0.2, 0.25) is 0 Å². The van der Waals surface area contributed by atoms with Crippen LogP contribution < -0.4 is 0 Å². The lowest BCUT2D eigenvalue weighted by Crippen LogP contribution is -2.21. The number of aromatic nitrogens is 3. The molecule has 0 saturated heterocycles. The molecule has 0 fully saturated rings. The molecule has 0 saturated carbocycles. The summed E-state index contributed by atoms with van der Waals surface area (Å²) in [6.07, 6.45) is 1.75. The van der Waals surface area contributed by atoms with Gasteiger partial charge in [-0.3, -0.25) is 0 Å². The maximum Gasteiger partial charge on any atom is 0.164 e. The van der Waals surface area contributed by atoms with E-state index in [1.54, 1.807) is 6.33 Å². The largest absolute Gasteiger partial charge is 0.308 e. The third-order valence-electron chi connectivity index (χ3n) is 2.45. The van der Waals surface area contributed by atoms with E-state index in [2.05, 4.69) is 46.9 Å². The second-order valence-electron chi connectivity index (χ2n) is 4.82. The van der Waals surface area contributed by atoms with E-state index >= 15 is 0 Å². The average Bonchev–Trinajstić information content (AvgIpc) is 2.70. The lowest BCUT2D eigenvalue weighted by Gasteiger charge is -2.22. The summed E-state index contributed by atoms with van der Waals surface area (Å²) >= 11 is 9.40. The van der Waals surface area contributed by atoms with Gasteiger partial charge in [0.05, 0.1) is 5.02 Å². The highest BCUT2D eigenvalue weighted by atomic mass is 79.9. The third kappa shape index (κ3) is 2.53. The van der Waals surface area contributed by atoms with Gasteiger partial charge in [-0.2, -0.15) is 0 Å². The van der Waals surface area contributed by atoms with Gasteiger partial charge in [-0.05, 0) is 54.9 Å². The maximum absolute atomic E-state index is 5.98. The summed E-state index contributed by atoms with van der Waals surface area (Å²) in [5.74, 6) is 0.842. The fourth-order valence-corrected chi connectivity index (χ4v) is 2.05. The Hall–Kier alpha value is -0.870. The SMILES string of the molecule is CC(C)(C)n1cnnc1-c1ccc(Cl)c(Br)c1. The minimum Gasteiger partial charge on any atom is -0.308 e. The fraction of sp³-hybridized carbons (Fsp3) is 0.333. The van der Waals surface area contributed by atoms with Gasteiger partial charge in [-0.1, -0.05) is 11.6 Å². The standard InChI is InChI=1S/C12H13BrClN3/c1-12(2,3)17-7-15-16-11(17)8-4-5-10(14)9(13)6-8/h4-7H,1-3H3. The highest BCUT2D eigenvalue weighted by molar-refractivity contribution is 9.10. The van der Waals surface area contributed by atoms with E-state index in [0.717, 1.165) is 15.9 Å². The van der Waals surface area contributed by atoms with Crippen molar-refractivity contribution in [2.75, 3.05) is 0 Å². The Bertz CT molecular complexity index is 543. The monoisotopic (exact) mass is 313 g/mol. The van der Waals surface area contributed by atoms with Gasteiger partial charge < -0.3 is 4.57 Å². The number of nitrogens with zero attached hydrogens (tertiary/aromatic N) is 3. The first-order chi connectivity index (χ1) is 7.89. The van der Waals surface area contributed by atoms with E-state index in [1.807, 2.05) is 22.8 Å². The molecule has 0 amide bonds. The Kier molecular flexibility index (Phi) is 3.27. The molecule has 0 bridgehead atoms. The van der Waals surface area contributed by atoms with E-state index in [-0.39, 0.29) is 5.54 Å². The van der Waals surface area contributed by atoms with Crippen molar-refractivity contribution in [3.05, 3.63) is 34.0 Å². The Labute approximate surface area is 114 Å². The smallest absolute Gasteiger partial charge is 0.164 e. The molecule has 0 unspecified atom stereocenters. The van der Waals surface area contributed by atoms with Crippen LogP contribution in [0.3, 0.4) is 0 Å². The average molecular weight is 315 g/mol. The first-order valence-corrected chi connectivity index (χ1v) is 6.42. The van der Waals surface area contributed by atoms with Gasteiger partial charge in [-0.25, -0.2) is 0 Å². The first kappa shape index (κ1) is 12.6. The zero-order chi connectivity index (χ0) is 12.6. The van der Waals surface area contributed by atoms with Crippen LogP contribution in [0.1, 0.15) is 20.8 Å². The van der Waals surface area contributed by atoms with Crippen LogP contribution in [0.4, 0.5) is 0 Å². The highest BCUT2D eigenvalue weighted by Crippen LogP contribution is 2.29. The number of benzene rings is 1. The lowest BCUT2D eigenvalue weighted by atomic mass is 10.1. The molecule has 5 heteroatoms. The normalized spacial score (nSPS) is 11.8. The second kappa shape index (κ2) is 4.42. The number of rotatable bonds is 1. The second-order valence-corrected chi connectivity index (χ2v) is 6.09. The number of halogens is 2. The van der Waals surface area contributed by atoms with Crippen LogP contribution in [-0.4, -0.2) is 14.8 Å². The van der Waals surface area contributed by atoms with Crippen molar-refractivity contribution >= 4 is 27.5 Å². The van der Waals surface area contributed by atoms with Gasteiger partial charge in [-0.15, -0.1) is 10.2 Å². The summed E-state index contributed by atoms with van der Waals surface area (Å²) in [6.45, 7) is 6.35. The van der Waals surface area contributed by atoms with Crippen molar-refractivity contribution < 1.29 is 0 Å². The molecule has 0 radical (unpaired) electrons. The van der Waals surface area contributed by atoms with Crippen LogP contribution in [0.2, 0.25) is 5.02 Å². The van der Waals surface area contributed by atoms with Gasteiger partial charge in [0, 0.05) is 15.6 Å². The van der Waals surface area contributed by atoms with Crippen LogP contribution in [0.5, 0.6) is 0 Å². The Balaban J connectivity index is 2.54. The van der Waals surface area contributed by atoms with Crippen molar-refractivity contribution in [3.8, 4) is 11.4 Å². The Morgan fingerprint density at radius 2 is 2.00 bits per heavy atom. The molecular formula is C12H13BrClN3. The molecule has 0 N–H and O–H groups in total. The van der Waals surface area contributed by atoms with Crippen LogP contribution in [-0.2, 0) is 5.54 Å². The van der Waals surface area contributed by atoms with Crippen LogP contribution in [0, 0.1) is 0 Å². The van der Waals surface area contributed by atoms with Crippen molar-refractivity contribution in [2.24, 2.45) is 0 Å². The molecule has 0 atom stereocenters. The van der Waals surface area contributed by atoms with Gasteiger partial charge in [0.25, 0.3) is 0 Å². The zero-order valence-electron chi connectivity index (χ0n) is 9.91. The quantitative estimate of drug-likeness (QED) is 0.793. The summed E-state index contributed by atoms with van der Waals surface area (Å²) in [5, 5.41) is 8.84. The van der Waals surface area contributed by atoms with Crippen LogP contribution in [0.15, 0.2) is 29.0 Å². The van der Waals surface area contributed by atoms with Crippen molar-refractivity contribution in [1.29, 1.82) is 0 Å². The predicted octanol–water partition coefficient (Wildman–Crippen LogP) is 4.12. The topological polar surface area (TPSA) is 30.7 Å². The molecule has 0 aliphatic carbocycles. The summed E-state index contributed by atoms with van der Waals surface area (Å²) in [5.41, 5.74) is 0.944. The molecule has 0 aliphatic heterocycles. The third-order valence-corrected chi connectivity index (χ3v) is 3.66. The zero-order valence-corrected chi connectivity index (χ0v) is 12.2. The summed E-state index contributed by atoms with van der Waals surface area (Å²) in [4.78, 5) is 0. The molecule has 90 valence electrons. The molecular weight excluding hydrogens is 302 g/mol. The van der Waals surface area contributed by atoms with Crippen molar-refractivity contribution in [2.45, 2.75) is 26.3 Å². The summed E-state index contributed by atoms with van der Waals surface area (Å²) in [6, 6.07) is 5.75. The van der Waals surface area contributed by atoms with E-state index in [9.17, 15) is 0 Å². The number of hydrogen-bond donors (Lipinski definition) is 0. The van der Waals surface area contributed by atoms with E-state index in [4.69, 9.17) is 11.6 Å². The van der Waals surface area contributed by atoms with Crippen LogP contribution >= 0.6 is 27.5 Å². The molecule has 2 aromatic rings. The van der Waals surface area contributed by atoms with Crippen molar-refractivity contribution in [1.82, 2.24) is 14.8 Å².